The van der Waals surface area contributed by atoms with Gasteiger partial charge in [-0.3, -0.25) is 9.59 Å². The summed E-state index contributed by atoms with van der Waals surface area (Å²) in [5, 5.41) is 38.4. The summed E-state index contributed by atoms with van der Waals surface area (Å²) in [7, 11) is 0. The molecular weight excluding hydrogens is 777 g/mol. The van der Waals surface area contributed by atoms with Crippen LogP contribution in [-0.4, -0.2) is 28.4 Å². The van der Waals surface area contributed by atoms with Crippen LogP contribution in [-0.2, 0) is 20.9 Å². The normalized spacial score (nSPS) is 20.0. The maximum atomic E-state index is 15.0. The average Bonchev–Trinajstić information content (AvgIpc) is 3.71. The number of aliphatic hydroxyl groups excluding tert-OH is 1. The molecule has 8 aromatic carbocycles. The average molecular weight is 807 g/mol. The maximum absolute atomic E-state index is 15.0. The Bertz CT molecular complexity index is 3650. The molecular formula is C52H30N4O6. The standard InChI is InChI=1S/C52H30N4O6/c57-25-62-39-20-8-17-36-43(39)29-12-2-4-15-34(29)52(36)54-38-19-6-10-27-22-24-31(47(56-52)41(27)38)45-48(58)44(49(45)59)30-23-21-26-9-5-18-37-40(26)46(30)55-51(53-37)33-14-3-1-11-28(33)42-32(50(60)61)13-7-16-35(42)51/h1-25,53-54,56,58H,(H,60,61). The SMILES string of the molecule is O=COc1cccc2c1-c1ccccc1C21Nc2cccc3ccc(C4=C(O)C(=c5ccc6cccc7c6c5=NC5(N7)c6ccccc6-c6c(C(=O)O)cccc65)C4=O)c(c23)N1. The molecule has 0 saturated carbocycles. The van der Waals surface area contributed by atoms with E-state index in [2.05, 4.69) is 16.0 Å². The van der Waals surface area contributed by atoms with Gasteiger partial charge in [0.1, 0.15) is 11.5 Å². The Morgan fingerprint density at radius 1 is 0.613 bits per heavy atom. The van der Waals surface area contributed by atoms with Gasteiger partial charge in [-0.1, -0.05) is 121 Å². The van der Waals surface area contributed by atoms with Gasteiger partial charge in [-0.15, -0.1) is 0 Å². The highest BCUT2D eigenvalue weighted by Gasteiger charge is 2.50. The van der Waals surface area contributed by atoms with Gasteiger partial charge in [0.2, 0.25) is 5.78 Å². The van der Waals surface area contributed by atoms with Gasteiger partial charge in [-0.05, 0) is 46.2 Å². The molecule has 5 N–H and O–H groups in total. The van der Waals surface area contributed by atoms with Crippen molar-refractivity contribution in [3.05, 3.63) is 195 Å². The minimum Gasteiger partial charge on any atom is -0.506 e. The van der Waals surface area contributed by atoms with Crippen molar-refractivity contribution in [1.29, 1.82) is 0 Å². The second-order valence-electron chi connectivity index (χ2n) is 16.1. The zero-order chi connectivity index (χ0) is 41.6. The number of ether oxygens (including phenoxy) is 1. The number of aliphatic hydroxyl groups is 1. The maximum Gasteiger partial charge on any atom is 0.336 e. The largest absolute Gasteiger partial charge is 0.506 e. The first-order chi connectivity index (χ1) is 30.3. The minimum atomic E-state index is -1.22. The number of carbonyl (C=O) groups is 3. The number of benzene rings is 8. The minimum absolute atomic E-state index is 0.148. The van der Waals surface area contributed by atoms with Crippen LogP contribution in [0.25, 0.3) is 54.9 Å². The summed E-state index contributed by atoms with van der Waals surface area (Å²) >= 11 is 0. The molecule has 10 heteroatoms. The molecule has 2 aliphatic heterocycles. The summed E-state index contributed by atoms with van der Waals surface area (Å²) in [5.41, 5.74) is 7.23. The molecule has 5 aliphatic rings. The van der Waals surface area contributed by atoms with Gasteiger partial charge in [0.05, 0.1) is 27.8 Å². The third-order valence-electron chi connectivity index (χ3n) is 13.2. The van der Waals surface area contributed by atoms with Crippen LogP contribution in [0.5, 0.6) is 5.75 Å². The van der Waals surface area contributed by atoms with E-state index in [9.17, 15) is 24.6 Å². The molecule has 0 aromatic heterocycles. The molecule has 13 rings (SSSR count). The second-order valence-corrected chi connectivity index (χ2v) is 16.1. The van der Waals surface area contributed by atoms with E-state index in [-0.39, 0.29) is 28.3 Å². The van der Waals surface area contributed by atoms with Crippen molar-refractivity contribution in [2.75, 3.05) is 16.0 Å². The van der Waals surface area contributed by atoms with Crippen LogP contribution in [0.1, 0.15) is 38.2 Å². The number of carbonyl (C=O) groups excluding carboxylic acids is 2. The lowest BCUT2D eigenvalue weighted by molar-refractivity contribution is -0.120. The highest BCUT2D eigenvalue weighted by molar-refractivity contribution is 6.52. The van der Waals surface area contributed by atoms with Gasteiger partial charge < -0.3 is 30.9 Å². The van der Waals surface area contributed by atoms with Crippen LogP contribution in [0, 0.1) is 0 Å². The molecule has 294 valence electrons. The summed E-state index contributed by atoms with van der Waals surface area (Å²) in [6.07, 6.45) is 0. The van der Waals surface area contributed by atoms with E-state index >= 15 is 0 Å². The lowest BCUT2D eigenvalue weighted by Gasteiger charge is -2.41. The van der Waals surface area contributed by atoms with Gasteiger partial charge in [0.15, 0.2) is 11.3 Å². The number of carboxylic acid groups (broad SMARTS) is 1. The lowest BCUT2D eigenvalue weighted by atomic mass is 9.79. The summed E-state index contributed by atoms with van der Waals surface area (Å²) in [4.78, 5) is 44.7. The number of allylic oxidation sites excluding steroid dienone is 2. The van der Waals surface area contributed by atoms with Crippen LogP contribution >= 0.6 is 0 Å². The lowest BCUT2D eigenvalue weighted by Crippen LogP contribution is -2.45. The van der Waals surface area contributed by atoms with E-state index in [0.29, 0.717) is 45.2 Å². The zero-order valence-electron chi connectivity index (χ0n) is 32.4. The quantitative estimate of drug-likeness (QED) is 0.110. The number of rotatable bonds is 4. The number of nitrogens with zero attached hydrogens (tertiary/aromatic N) is 1. The van der Waals surface area contributed by atoms with Crippen molar-refractivity contribution >= 4 is 68.0 Å². The monoisotopic (exact) mass is 806 g/mol. The topological polar surface area (TPSA) is 149 Å². The fraction of sp³-hybridized carbons (Fsp3) is 0.0385. The molecule has 3 aliphatic carbocycles. The smallest absolute Gasteiger partial charge is 0.336 e. The van der Waals surface area contributed by atoms with Crippen LogP contribution in [0.3, 0.4) is 0 Å². The number of nitrogens with one attached hydrogen (secondary N) is 3. The first-order valence-electron chi connectivity index (χ1n) is 20.2. The fourth-order valence-corrected chi connectivity index (χ4v) is 10.8. The van der Waals surface area contributed by atoms with E-state index in [1.54, 1.807) is 18.2 Å². The fourth-order valence-electron chi connectivity index (χ4n) is 10.8. The van der Waals surface area contributed by atoms with Gasteiger partial charge in [-0.25, -0.2) is 9.79 Å². The zero-order valence-corrected chi connectivity index (χ0v) is 32.4. The second kappa shape index (κ2) is 11.8. The number of aromatic carboxylic acids is 1. The van der Waals surface area contributed by atoms with Crippen molar-refractivity contribution in [3.63, 3.8) is 0 Å². The third-order valence-corrected chi connectivity index (χ3v) is 13.2. The van der Waals surface area contributed by atoms with Crippen LogP contribution in [0.2, 0.25) is 0 Å². The summed E-state index contributed by atoms with van der Waals surface area (Å²) < 4.78 is 5.52. The number of anilines is 3. The Labute approximate surface area is 351 Å². The number of ketones is 1. The summed E-state index contributed by atoms with van der Waals surface area (Å²) in [6, 6.07) is 45.9. The molecule has 0 fully saturated rings. The van der Waals surface area contributed by atoms with E-state index < -0.39 is 17.3 Å². The highest BCUT2D eigenvalue weighted by atomic mass is 16.5. The number of hydrogen-bond donors (Lipinski definition) is 5. The van der Waals surface area contributed by atoms with Crippen molar-refractivity contribution in [2.45, 2.75) is 11.3 Å². The van der Waals surface area contributed by atoms with Gasteiger partial charge in [-0.2, -0.15) is 0 Å². The highest BCUT2D eigenvalue weighted by Crippen LogP contribution is 2.57. The Balaban J connectivity index is 1.05. The van der Waals surface area contributed by atoms with Gasteiger partial charge in [0, 0.05) is 66.3 Å². The molecule has 0 radical (unpaired) electrons. The molecule has 0 amide bonds. The van der Waals surface area contributed by atoms with E-state index in [4.69, 9.17) is 9.73 Å². The Morgan fingerprint density at radius 2 is 1.27 bits per heavy atom. The molecule has 10 nitrogen and oxygen atoms in total. The number of carboxylic acids is 1. The van der Waals surface area contributed by atoms with Gasteiger partial charge >= 0.3 is 5.97 Å². The van der Waals surface area contributed by atoms with Crippen LogP contribution in [0.15, 0.2) is 156 Å². The molecule has 2 spiro atoms. The predicted molar refractivity (Wildman–Crippen MR) is 236 cm³/mol. The molecule has 0 bridgehead atoms. The van der Waals surface area contributed by atoms with Crippen LogP contribution in [0.4, 0.5) is 17.1 Å². The number of Topliss-reactive ketones (excluding diaryl/α,β-unsaturated/α-hetero) is 1. The summed E-state index contributed by atoms with van der Waals surface area (Å²) in [6.45, 7) is 0.430. The van der Waals surface area contributed by atoms with Gasteiger partial charge in [0.25, 0.3) is 6.47 Å². The number of fused-ring (bicyclic) bond motifs is 10. The van der Waals surface area contributed by atoms with E-state index in [1.807, 2.05) is 127 Å². The molecule has 2 unspecified atom stereocenters. The molecule has 8 aromatic rings. The van der Waals surface area contributed by atoms with Crippen molar-refractivity contribution in [2.24, 2.45) is 4.99 Å². The van der Waals surface area contributed by atoms with E-state index in [1.165, 1.54) is 0 Å². The Morgan fingerprint density at radius 3 is 2.05 bits per heavy atom. The summed E-state index contributed by atoms with van der Waals surface area (Å²) in [5.74, 6) is -1.11. The van der Waals surface area contributed by atoms with Crippen molar-refractivity contribution < 1.29 is 29.3 Å². The third kappa shape index (κ3) is 4.12. The molecule has 0 saturated heterocycles. The predicted octanol–water partition coefficient (Wildman–Crippen LogP) is 8.58. The molecule has 2 atom stereocenters. The van der Waals surface area contributed by atoms with E-state index in [0.717, 1.165) is 66.3 Å². The molecule has 62 heavy (non-hydrogen) atoms. The first kappa shape index (κ1) is 34.4. The Kier molecular flexibility index (Phi) is 6.56. The number of hydrogen-bond acceptors (Lipinski definition) is 9. The van der Waals surface area contributed by atoms with Crippen molar-refractivity contribution in [3.8, 4) is 28.0 Å². The Hall–Kier alpha value is -8.50. The van der Waals surface area contributed by atoms with Crippen molar-refractivity contribution in [1.82, 2.24) is 0 Å². The molecule has 2 heterocycles. The first-order valence-corrected chi connectivity index (χ1v) is 20.2. The van der Waals surface area contributed by atoms with Crippen LogP contribution < -0.4 is 31.3 Å².